The number of urea groups is 1. The van der Waals surface area contributed by atoms with Gasteiger partial charge in [0.2, 0.25) is 0 Å². The Morgan fingerprint density at radius 2 is 1.75 bits per heavy atom. The van der Waals surface area contributed by atoms with Crippen molar-refractivity contribution >= 4 is 29.4 Å². The van der Waals surface area contributed by atoms with Gasteiger partial charge in [-0.1, -0.05) is 44.5 Å². The van der Waals surface area contributed by atoms with Crippen molar-refractivity contribution in [3.05, 3.63) is 76.8 Å². The van der Waals surface area contributed by atoms with Crippen molar-refractivity contribution in [1.29, 1.82) is 5.41 Å². The number of aliphatic hydroxyl groups is 1. The van der Waals surface area contributed by atoms with E-state index in [-0.39, 0.29) is 29.3 Å². The Morgan fingerprint density at radius 3 is 2.38 bits per heavy atom. The molecule has 2 aromatic carbocycles. The van der Waals surface area contributed by atoms with Gasteiger partial charge in [0, 0.05) is 17.1 Å². The number of benzene rings is 2. The van der Waals surface area contributed by atoms with Gasteiger partial charge in [-0.25, -0.2) is 14.5 Å². The molecule has 3 aromatic rings. The van der Waals surface area contributed by atoms with Crippen molar-refractivity contribution in [3.8, 4) is 5.69 Å². The zero-order valence-electron chi connectivity index (χ0n) is 22.0. The minimum absolute atomic E-state index is 0.0904. The molecule has 0 unspecified atom stereocenters. The van der Waals surface area contributed by atoms with Crippen LogP contribution in [0, 0.1) is 10.8 Å². The first-order chi connectivity index (χ1) is 18.7. The fourth-order valence-corrected chi connectivity index (χ4v) is 3.49. The lowest BCUT2D eigenvalue weighted by Crippen LogP contribution is -2.50. The molecule has 10 nitrogen and oxygen atoms in total. The number of hydrogen-bond acceptors (Lipinski definition) is 6. The highest BCUT2D eigenvalue weighted by Gasteiger charge is 2.41. The lowest BCUT2D eigenvalue weighted by atomic mass is 9.97. The second-order valence-corrected chi connectivity index (χ2v) is 10.5. The summed E-state index contributed by atoms with van der Waals surface area (Å²) >= 11 is 5.84. The van der Waals surface area contributed by atoms with E-state index in [1.807, 2.05) is 20.8 Å². The zero-order valence-corrected chi connectivity index (χ0v) is 22.7. The van der Waals surface area contributed by atoms with Crippen LogP contribution in [0.5, 0.6) is 0 Å². The molecule has 0 spiro atoms. The molecule has 1 heterocycles. The molecule has 0 fully saturated rings. The molecule has 0 aliphatic rings. The first kappa shape index (κ1) is 30.6. The Bertz CT molecular complexity index is 1350. The van der Waals surface area contributed by atoms with Crippen molar-refractivity contribution in [2.75, 3.05) is 13.1 Å². The Kier molecular flexibility index (Phi) is 9.53. The van der Waals surface area contributed by atoms with Gasteiger partial charge in [-0.3, -0.25) is 15.1 Å². The maximum absolute atomic E-state index is 13.1. The fourth-order valence-electron chi connectivity index (χ4n) is 3.37. The first-order valence-electron chi connectivity index (χ1n) is 12.1. The summed E-state index contributed by atoms with van der Waals surface area (Å²) in [6, 6.07) is 11.2. The topological polar surface area (TPSA) is 136 Å². The van der Waals surface area contributed by atoms with Crippen molar-refractivity contribution in [3.63, 3.8) is 0 Å². The molecule has 3 rings (SSSR count). The predicted molar refractivity (Wildman–Crippen MR) is 142 cm³/mol. The van der Waals surface area contributed by atoms with Crippen LogP contribution in [0.1, 0.15) is 42.5 Å². The molecule has 1 aromatic heterocycles. The summed E-state index contributed by atoms with van der Waals surface area (Å²) in [5.41, 5.74) is 0.754. The number of aliphatic hydroxyl groups excluding tert-OH is 1. The highest BCUT2D eigenvalue weighted by Crippen LogP contribution is 2.22. The molecular formula is C26H29ClF3N7O3. The minimum Gasteiger partial charge on any atom is -0.382 e. The van der Waals surface area contributed by atoms with Crippen LogP contribution in [-0.4, -0.2) is 67.9 Å². The lowest BCUT2D eigenvalue weighted by Gasteiger charge is -2.26. The number of amidine groups is 1. The molecule has 14 heteroatoms. The standard InChI is InChI=1S/C26H29ClF3N7O3/c1-25(2,3)14-33-23(39)18-6-4-5-7-19(18)37-15-34-21(35-37)12-32-24(40)36(13-20(38)26(28,29)30)22(31)16-8-10-17(27)11-9-16/h4-11,15,20,31,38H,12-14H2,1-3H3,(H,32,40)(H,33,39)/t20-/m0/s1. The molecular weight excluding hydrogens is 551 g/mol. The minimum atomic E-state index is -5.01. The molecule has 0 radical (unpaired) electrons. The molecule has 214 valence electrons. The van der Waals surface area contributed by atoms with Gasteiger partial charge in [-0.05, 0) is 41.8 Å². The van der Waals surface area contributed by atoms with Gasteiger partial charge in [0.05, 0.1) is 24.3 Å². The number of carbonyl (C=O) groups excluding carboxylic acids is 2. The number of nitrogens with one attached hydrogen (secondary N) is 3. The number of rotatable bonds is 8. The third-order valence-electron chi connectivity index (χ3n) is 5.48. The Hall–Kier alpha value is -3.97. The highest BCUT2D eigenvalue weighted by molar-refractivity contribution is 6.30. The van der Waals surface area contributed by atoms with E-state index in [0.29, 0.717) is 27.7 Å². The molecule has 0 aliphatic carbocycles. The van der Waals surface area contributed by atoms with Gasteiger partial charge >= 0.3 is 12.2 Å². The summed E-state index contributed by atoms with van der Waals surface area (Å²) in [6.07, 6.45) is -6.56. The molecule has 0 aliphatic heterocycles. The van der Waals surface area contributed by atoms with Crippen molar-refractivity contribution in [2.24, 2.45) is 5.41 Å². The van der Waals surface area contributed by atoms with Gasteiger partial charge in [0.1, 0.15) is 12.2 Å². The summed E-state index contributed by atoms with van der Waals surface area (Å²) in [6.45, 7) is 4.88. The quantitative estimate of drug-likeness (QED) is 0.235. The van der Waals surface area contributed by atoms with E-state index in [1.54, 1.807) is 24.3 Å². The maximum atomic E-state index is 13.1. The number of para-hydroxylation sites is 1. The first-order valence-corrected chi connectivity index (χ1v) is 12.5. The largest absolute Gasteiger partial charge is 0.416 e. The predicted octanol–water partition coefficient (Wildman–Crippen LogP) is 4.16. The van der Waals surface area contributed by atoms with Crippen LogP contribution in [0.2, 0.25) is 5.02 Å². The highest BCUT2D eigenvalue weighted by atomic mass is 35.5. The second kappa shape index (κ2) is 12.5. The number of nitrogens with zero attached hydrogens (tertiary/aromatic N) is 4. The van der Waals surface area contributed by atoms with E-state index in [1.165, 1.54) is 35.3 Å². The summed E-state index contributed by atoms with van der Waals surface area (Å²) in [7, 11) is 0. The molecule has 1 atom stereocenters. The van der Waals surface area contributed by atoms with Crippen molar-refractivity contribution < 1.29 is 27.9 Å². The Balaban J connectivity index is 1.76. The Labute approximate surface area is 233 Å². The lowest BCUT2D eigenvalue weighted by molar-refractivity contribution is -0.204. The van der Waals surface area contributed by atoms with Crippen LogP contribution in [0.25, 0.3) is 5.69 Å². The van der Waals surface area contributed by atoms with E-state index in [9.17, 15) is 27.9 Å². The second-order valence-electron chi connectivity index (χ2n) is 10.0. The van der Waals surface area contributed by atoms with Crippen LogP contribution < -0.4 is 10.6 Å². The number of alkyl halides is 3. The monoisotopic (exact) mass is 579 g/mol. The summed E-state index contributed by atoms with van der Waals surface area (Å²) in [5.74, 6) is -0.797. The van der Waals surface area contributed by atoms with Gasteiger partial charge in [0.25, 0.3) is 5.91 Å². The third-order valence-corrected chi connectivity index (χ3v) is 5.73. The number of amides is 3. The molecule has 40 heavy (non-hydrogen) atoms. The fraction of sp³-hybridized carbons (Fsp3) is 0.346. The van der Waals surface area contributed by atoms with E-state index < -0.39 is 30.7 Å². The van der Waals surface area contributed by atoms with E-state index in [2.05, 4.69) is 20.7 Å². The van der Waals surface area contributed by atoms with E-state index in [4.69, 9.17) is 17.0 Å². The summed E-state index contributed by atoms with van der Waals surface area (Å²) < 4.78 is 40.5. The van der Waals surface area contributed by atoms with Crippen molar-refractivity contribution in [1.82, 2.24) is 30.3 Å². The molecule has 0 bridgehead atoms. The Morgan fingerprint density at radius 1 is 1.10 bits per heavy atom. The molecule has 0 saturated heterocycles. The van der Waals surface area contributed by atoms with Gasteiger partial charge in [0.15, 0.2) is 11.9 Å². The molecule has 0 saturated carbocycles. The van der Waals surface area contributed by atoms with Crippen LogP contribution in [0.4, 0.5) is 18.0 Å². The third kappa shape index (κ3) is 8.26. The van der Waals surface area contributed by atoms with E-state index in [0.717, 1.165) is 0 Å². The number of hydrogen-bond donors (Lipinski definition) is 4. The van der Waals surface area contributed by atoms with Gasteiger partial charge in [-0.15, -0.1) is 5.10 Å². The van der Waals surface area contributed by atoms with Crippen LogP contribution in [0.15, 0.2) is 54.9 Å². The SMILES string of the molecule is CC(C)(C)CNC(=O)c1ccccc1-n1cnc(CNC(=O)N(C[C@H](O)C(F)(F)F)C(=N)c2ccc(Cl)cc2)n1. The van der Waals surface area contributed by atoms with Crippen LogP contribution in [0.3, 0.4) is 0 Å². The van der Waals surface area contributed by atoms with Gasteiger partial charge < -0.3 is 15.7 Å². The normalized spacial score (nSPS) is 12.5. The van der Waals surface area contributed by atoms with E-state index >= 15 is 0 Å². The van der Waals surface area contributed by atoms with Crippen LogP contribution in [-0.2, 0) is 6.54 Å². The number of halogens is 4. The zero-order chi connectivity index (χ0) is 29.7. The summed E-state index contributed by atoms with van der Waals surface area (Å²) in [4.78, 5) is 30.2. The average molecular weight is 580 g/mol. The van der Waals surface area contributed by atoms with Crippen molar-refractivity contribution in [2.45, 2.75) is 39.6 Å². The van der Waals surface area contributed by atoms with Gasteiger partial charge in [-0.2, -0.15) is 13.2 Å². The smallest absolute Gasteiger partial charge is 0.382 e. The molecule has 4 N–H and O–H groups in total. The van der Waals surface area contributed by atoms with Crippen LogP contribution >= 0.6 is 11.6 Å². The number of aromatic nitrogens is 3. The molecule has 3 amide bonds. The number of carbonyl (C=O) groups is 2. The maximum Gasteiger partial charge on any atom is 0.416 e. The summed E-state index contributed by atoms with van der Waals surface area (Å²) in [5, 5.41) is 27.7. The average Bonchev–Trinajstić information content (AvgIpc) is 3.37.